The number of carboxylic acid groups (broad SMARTS) is 1. The van der Waals surface area contributed by atoms with Crippen molar-refractivity contribution < 1.29 is 14.7 Å². The van der Waals surface area contributed by atoms with Crippen molar-refractivity contribution in [2.45, 2.75) is 51.0 Å². The Bertz CT molecular complexity index is 1080. The molecule has 3 N–H and O–H groups in total. The summed E-state index contributed by atoms with van der Waals surface area (Å²) in [5.41, 5.74) is 2.47. The first-order valence-electron chi connectivity index (χ1n) is 13.7. The number of aromatic nitrogens is 2. The van der Waals surface area contributed by atoms with E-state index in [9.17, 15) is 14.7 Å². The summed E-state index contributed by atoms with van der Waals surface area (Å²) < 4.78 is 0. The number of likely N-dealkylation sites (tertiary alicyclic amines) is 1. The van der Waals surface area contributed by atoms with Crippen LogP contribution in [0.4, 0.5) is 11.6 Å². The molecule has 0 aromatic carbocycles. The van der Waals surface area contributed by atoms with Crippen molar-refractivity contribution in [1.82, 2.24) is 20.2 Å². The maximum atomic E-state index is 12.8. The van der Waals surface area contributed by atoms with Crippen molar-refractivity contribution in [3.05, 3.63) is 47.8 Å². The summed E-state index contributed by atoms with van der Waals surface area (Å²) in [5, 5.41) is 16.0. The molecule has 3 atom stereocenters. The first-order valence-corrected chi connectivity index (χ1v) is 13.7. The predicted molar refractivity (Wildman–Crippen MR) is 143 cm³/mol. The molecule has 0 aliphatic carbocycles. The number of hydrogen-bond acceptors (Lipinski definition) is 7. The van der Waals surface area contributed by atoms with Gasteiger partial charge in [-0.1, -0.05) is 12.1 Å². The summed E-state index contributed by atoms with van der Waals surface area (Å²) in [7, 11) is 0. The molecule has 37 heavy (non-hydrogen) atoms. The van der Waals surface area contributed by atoms with Crippen LogP contribution in [0.5, 0.6) is 0 Å². The largest absolute Gasteiger partial charge is 0.480 e. The van der Waals surface area contributed by atoms with Gasteiger partial charge in [0, 0.05) is 44.6 Å². The minimum absolute atomic E-state index is 0.169. The molecule has 0 radical (unpaired) electrons. The third-order valence-corrected chi connectivity index (χ3v) is 8.01. The quantitative estimate of drug-likeness (QED) is 0.451. The standard InChI is InChI=1S/C28H38N6O3/c35-27(22-11-17-34(19-22)25-5-1-2-13-29-25)32-24(28(36)37)12-16-33-15-10-20(18-33)6-8-23-9-7-21-4-3-14-30-26(21)31-23/h1-2,5,7,9,13,20,22,24H,3-4,6,8,10-12,14-19H2,(H,30,31)(H,32,35)(H,36,37)/t20-,22-,24?/m1/s1. The normalized spacial score (nSPS) is 22.3. The fourth-order valence-corrected chi connectivity index (χ4v) is 5.79. The summed E-state index contributed by atoms with van der Waals surface area (Å²) in [5.74, 6) is 1.16. The molecular formula is C28H38N6O3. The number of carboxylic acids is 1. The van der Waals surface area contributed by atoms with Gasteiger partial charge in [0.05, 0.1) is 5.92 Å². The van der Waals surface area contributed by atoms with Gasteiger partial charge in [-0.2, -0.15) is 0 Å². The summed E-state index contributed by atoms with van der Waals surface area (Å²) in [6.45, 7) is 4.96. The highest BCUT2D eigenvalue weighted by atomic mass is 16.4. The molecule has 0 bridgehead atoms. The third kappa shape index (κ3) is 6.57. The summed E-state index contributed by atoms with van der Waals surface area (Å²) in [4.78, 5) is 38.4. The number of rotatable bonds is 10. The minimum Gasteiger partial charge on any atom is -0.480 e. The van der Waals surface area contributed by atoms with Crippen LogP contribution in [0.25, 0.3) is 0 Å². The Balaban J connectivity index is 1.04. The maximum Gasteiger partial charge on any atom is 0.326 e. The number of carbonyl (C=O) groups is 2. The van der Waals surface area contributed by atoms with Gasteiger partial charge in [-0.15, -0.1) is 0 Å². The lowest BCUT2D eigenvalue weighted by Crippen LogP contribution is -2.45. The van der Waals surface area contributed by atoms with Crippen LogP contribution in [0.2, 0.25) is 0 Å². The molecule has 9 nitrogen and oxygen atoms in total. The number of anilines is 2. The first kappa shape index (κ1) is 25.4. The minimum atomic E-state index is -0.962. The van der Waals surface area contributed by atoms with E-state index in [4.69, 9.17) is 4.98 Å². The highest BCUT2D eigenvalue weighted by molar-refractivity contribution is 5.85. The summed E-state index contributed by atoms with van der Waals surface area (Å²) in [6, 6.07) is 9.26. The molecule has 198 valence electrons. The van der Waals surface area contributed by atoms with E-state index in [0.29, 0.717) is 31.8 Å². The van der Waals surface area contributed by atoms with Gasteiger partial charge in [0.15, 0.2) is 0 Å². The Morgan fingerprint density at radius 2 is 2.08 bits per heavy atom. The molecule has 5 rings (SSSR count). The van der Waals surface area contributed by atoms with Gasteiger partial charge < -0.3 is 25.5 Å². The number of nitrogens with one attached hydrogen (secondary N) is 2. The smallest absolute Gasteiger partial charge is 0.326 e. The van der Waals surface area contributed by atoms with E-state index in [1.807, 2.05) is 18.2 Å². The molecule has 2 saturated heterocycles. The number of aliphatic carboxylic acids is 1. The highest BCUT2D eigenvalue weighted by Crippen LogP contribution is 2.25. The Morgan fingerprint density at radius 1 is 1.16 bits per heavy atom. The van der Waals surface area contributed by atoms with Gasteiger partial charge in [-0.05, 0) is 81.2 Å². The number of pyridine rings is 2. The van der Waals surface area contributed by atoms with E-state index >= 15 is 0 Å². The van der Waals surface area contributed by atoms with Crippen LogP contribution < -0.4 is 15.5 Å². The zero-order valence-corrected chi connectivity index (χ0v) is 21.4. The van der Waals surface area contributed by atoms with E-state index < -0.39 is 12.0 Å². The number of hydrogen-bond donors (Lipinski definition) is 3. The second-order valence-corrected chi connectivity index (χ2v) is 10.6. The van der Waals surface area contributed by atoms with Gasteiger partial charge in [0.2, 0.25) is 5.91 Å². The molecule has 9 heteroatoms. The Labute approximate surface area is 218 Å². The van der Waals surface area contributed by atoms with E-state index in [2.05, 4.69) is 37.6 Å². The topological polar surface area (TPSA) is 111 Å². The van der Waals surface area contributed by atoms with Crippen LogP contribution in [0.3, 0.4) is 0 Å². The molecule has 5 heterocycles. The van der Waals surface area contributed by atoms with Gasteiger partial charge in [0.1, 0.15) is 17.7 Å². The average Bonchev–Trinajstić information content (AvgIpc) is 3.60. The lowest BCUT2D eigenvalue weighted by atomic mass is 10.00. The number of nitrogens with zero attached hydrogens (tertiary/aromatic N) is 4. The molecule has 0 saturated carbocycles. The second-order valence-electron chi connectivity index (χ2n) is 10.6. The summed E-state index contributed by atoms with van der Waals surface area (Å²) in [6.07, 6.45) is 8.33. The van der Waals surface area contributed by atoms with Crippen molar-refractivity contribution in [3.8, 4) is 0 Å². The number of carbonyl (C=O) groups excluding carboxylic acids is 1. The molecule has 2 aromatic rings. The van der Waals surface area contributed by atoms with Crippen molar-refractivity contribution in [1.29, 1.82) is 0 Å². The van der Waals surface area contributed by atoms with Gasteiger partial charge >= 0.3 is 5.97 Å². The zero-order valence-electron chi connectivity index (χ0n) is 21.4. The number of amides is 1. The first-order chi connectivity index (χ1) is 18.0. The van der Waals surface area contributed by atoms with Gasteiger partial charge in [-0.25, -0.2) is 14.8 Å². The molecular weight excluding hydrogens is 468 g/mol. The van der Waals surface area contributed by atoms with Crippen LogP contribution in [0.15, 0.2) is 36.5 Å². The average molecular weight is 507 g/mol. The Morgan fingerprint density at radius 3 is 2.92 bits per heavy atom. The number of fused-ring (bicyclic) bond motifs is 1. The Hall–Kier alpha value is -3.20. The fourth-order valence-electron chi connectivity index (χ4n) is 5.79. The molecule has 2 aromatic heterocycles. The monoisotopic (exact) mass is 506 g/mol. The second kappa shape index (κ2) is 11.9. The van der Waals surface area contributed by atoms with Gasteiger partial charge in [-0.3, -0.25) is 4.79 Å². The highest BCUT2D eigenvalue weighted by Gasteiger charge is 2.32. The number of aryl methyl sites for hydroxylation is 2. The molecule has 0 spiro atoms. The molecule has 2 fully saturated rings. The van der Waals surface area contributed by atoms with Crippen molar-refractivity contribution in [3.63, 3.8) is 0 Å². The molecule has 1 amide bonds. The lowest BCUT2D eigenvalue weighted by Gasteiger charge is -2.22. The predicted octanol–water partition coefficient (Wildman–Crippen LogP) is 2.58. The molecule has 3 aliphatic rings. The Kier molecular flexibility index (Phi) is 8.18. The van der Waals surface area contributed by atoms with Crippen LogP contribution in [0.1, 0.15) is 43.4 Å². The third-order valence-electron chi connectivity index (χ3n) is 8.01. The SMILES string of the molecule is O=C(O)C(CCN1CC[C@@H](CCc2ccc3c(n2)NCCC3)C1)NC(=O)[C@@H]1CCN(c2ccccn2)C1. The fraction of sp³-hybridized carbons (Fsp3) is 0.571. The van der Waals surface area contributed by atoms with E-state index in [0.717, 1.165) is 69.2 Å². The lowest BCUT2D eigenvalue weighted by molar-refractivity contribution is -0.142. The van der Waals surface area contributed by atoms with Crippen molar-refractivity contribution >= 4 is 23.5 Å². The molecule has 3 aliphatic heterocycles. The molecule has 1 unspecified atom stereocenters. The van der Waals surface area contributed by atoms with Crippen LogP contribution >= 0.6 is 0 Å². The van der Waals surface area contributed by atoms with Crippen molar-refractivity contribution in [2.75, 3.05) is 49.5 Å². The van der Waals surface area contributed by atoms with E-state index in [1.165, 1.54) is 12.0 Å². The van der Waals surface area contributed by atoms with Crippen LogP contribution in [-0.4, -0.2) is 77.2 Å². The zero-order chi connectivity index (χ0) is 25.6. The summed E-state index contributed by atoms with van der Waals surface area (Å²) >= 11 is 0. The van der Waals surface area contributed by atoms with Gasteiger partial charge in [0.25, 0.3) is 0 Å². The van der Waals surface area contributed by atoms with E-state index in [-0.39, 0.29) is 11.8 Å². The maximum absolute atomic E-state index is 12.8. The van der Waals surface area contributed by atoms with Crippen LogP contribution in [-0.2, 0) is 22.4 Å². The van der Waals surface area contributed by atoms with Crippen molar-refractivity contribution in [2.24, 2.45) is 11.8 Å². The van der Waals surface area contributed by atoms with E-state index in [1.54, 1.807) is 6.20 Å². The van der Waals surface area contributed by atoms with Crippen LogP contribution in [0, 0.1) is 11.8 Å².